The molecular formula is C26H24Br2O5. The molecule has 0 fully saturated rings. The molecule has 0 aliphatic heterocycles. The van der Waals surface area contributed by atoms with Gasteiger partial charge in [-0.05, 0) is 80.6 Å². The Balaban J connectivity index is 2.03. The molecule has 0 aromatic heterocycles. The van der Waals surface area contributed by atoms with Gasteiger partial charge >= 0.3 is 5.97 Å². The zero-order valence-electron chi connectivity index (χ0n) is 18.5. The van der Waals surface area contributed by atoms with Crippen molar-refractivity contribution in [2.45, 2.75) is 27.2 Å². The van der Waals surface area contributed by atoms with Crippen LogP contribution >= 0.6 is 31.9 Å². The molecule has 0 aliphatic carbocycles. The minimum absolute atomic E-state index is 0.118. The van der Waals surface area contributed by atoms with Gasteiger partial charge in [0.25, 0.3) is 0 Å². The van der Waals surface area contributed by atoms with Crippen molar-refractivity contribution in [3.8, 4) is 17.2 Å². The van der Waals surface area contributed by atoms with Crippen LogP contribution in [0, 0.1) is 12.8 Å². The van der Waals surface area contributed by atoms with Crippen molar-refractivity contribution in [3.05, 3.63) is 85.8 Å². The van der Waals surface area contributed by atoms with Gasteiger partial charge < -0.3 is 14.6 Å². The van der Waals surface area contributed by atoms with Crippen LogP contribution in [0.3, 0.4) is 0 Å². The summed E-state index contributed by atoms with van der Waals surface area (Å²) in [6.07, 6.45) is -0.118. The third kappa shape index (κ3) is 6.68. The molecule has 3 rings (SSSR count). The average Bonchev–Trinajstić information content (AvgIpc) is 2.74. The Morgan fingerprint density at radius 2 is 1.70 bits per heavy atom. The number of rotatable bonds is 9. The highest BCUT2D eigenvalue weighted by Crippen LogP contribution is 2.40. The maximum Gasteiger partial charge on any atom is 0.307 e. The number of hydrogen-bond donors (Lipinski definition) is 1. The molecule has 0 heterocycles. The van der Waals surface area contributed by atoms with Gasteiger partial charge in [-0.2, -0.15) is 0 Å². The Hall–Kier alpha value is -2.64. The van der Waals surface area contributed by atoms with Gasteiger partial charge in [0.1, 0.15) is 11.5 Å². The topological polar surface area (TPSA) is 72.8 Å². The molecule has 0 spiro atoms. The van der Waals surface area contributed by atoms with Gasteiger partial charge in [0.15, 0.2) is 11.5 Å². The Morgan fingerprint density at radius 1 is 1.00 bits per heavy atom. The van der Waals surface area contributed by atoms with Crippen molar-refractivity contribution in [2.75, 3.05) is 6.61 Å². The summed E-state index contributed by atoms with van der Waals surface area (Å²) in [7, 11) is 0. The number of carboxylic acids is 1. The third-order valence-corrected chi connectivity index (χ3v) is 5.86. The molecule has 0 amide bonds. The molecule has 3 aromatic rings. The highest BCUT2D eigenvalue weighted by atomic mass is 79.9. The normalized spacial score (nSPS) is 10.8. The van der Waals surface area contributed by atoms with E-state index in [1.165, 1.54) is 0 Å². The largest absolute Gasteiger partial charge is 0.493 e. The summed E-state index contributed by atoms with van der Waals surface area (Å²) >= 11 is 6.93. The Morgan fingerprint density at radius 3 is 2.30 bits per heavy atom. The van der Waals surface area contributed by atoms with Gasteiger partial charge in [-0.1, -0.05) is 37.6 Å². The number of carbonyl (C=O) groups is 2. The van der Waals surface area contributed by atoms with Crippen molar-refractivity contribution in [1.82, 2.24) is 0 Å². The van der Waals surface area contributed by atoms with Crippen molar-refractivity contribution in [2.24, 2.45) is 5.92 Å². The van der Waals surface area contributed by atoms with E-state index in [-0.39, 0.29) is 12.2 Å². The monoisotopic (exact) mass is 574 g/mol. The summed E-state index contributed by atoms with van der Waals surface area (Å²) in [5.41, 5.74) is 2.55. The predicted molar refractivity (Wildman–Crippen MR) is 135 cm³/mol. The van der Waals surface area contributed by atoms with E-state index in [4.69, 9.17) is 14.6 Å². The van der Waals surface area contributed by atoms with Crippen LogP contribution in [0.5, 0.6) is 17.2 Å². The molecule has 7 heteroatoms. The number of halogens is 2. The molecule has 1 N–H and O–H groups in total. The average molecular weight is 576 g/mol. The number of ketones is 1. The van der Waals surface area contributed by atoms with Crippen LogP contribution in [0.2, 0.25) is 0 Å². The van der Waals surface area contributed by atoms with Gasteiger partial charge in [0.2, 0.25) is 0 Å². The molecule has 0 bridgehead atoms. The summed E-state index contributed by atoms with van der Waals surface area (Å²) < 4.78 is 13.2. The molecule has 33 heavy (non-hydrogen) atoms. The lowest BCUT2D eigenvalue weighted by Crippen LogP contribution is -2.07. The van der Waals surface area contributed by atoms with E-state index in [2.05, 4.69) is 45.7 Å². The zero-order valence-corrected chi connectivity index (χ0v) is 21.7. The van der Waals surface area contributed by atoms with Gasteiger partial charge in [-0.15, -0.1) is 0 Å². The summed E-state index contributed by atoms with van der Waals surface area (Å²) in [6, 6.07) is 15.9. The first-order chi connectivity index (χ1) is 15.6. The zero-order chi connectivity index (χ0) is 24.1. The van der Waals surface area contributed by atoms with Crippen molar-refractivity contribution < 1.29 is 24.2 Å². The molecule has 0 saturated carbocycles. The van der Waals surface area contributed by atoms with Crippen molar-refractivity contribution >= 4 is 43.6 Å². The number of aliphatic carboxylic acids is 1. The summed E-state index contributed by atoms with van der Waals surface area (Å²) in [6.45, 7) is 6.58. The molecule has 3 aromatic carbocycles. The molecular weight excluding hydrogens is 552 g/mol. The fraction of sp³-hybridized carbons (Fsp3) is 0.231. The van der Waals surface area contributed by atoms with Gasteiger partial charge in [-0.25, -0.2) is 0 Å². The van der Waals surface area contributed by atoms with Gasteiger partial charge in [-0.3, -0.25) is 9.59 Å². The molecule has 0 atom stereocenters. The second kappa shape index (κ2) is 11.0. The molecule has 0 unspecified atom stereocenters. The Labute approximate surface area is 210 Å². The lowest BCUT2D eigenvalue weighted by atomic mass is 10.0. The number of aryl methyl sites for hydroxylation is 1. The van der Waals surface area contributed by atoms with E-state index in [1.54, 1.807) is 36.4 Å². The second-order valence-corrected chi connectivity index (χ2v) is 9.83. The number of carboxylic acid groups (broad SMARTS) is 1. The Bertz CT molecular complexity index is 1160. The van der Waals surface area contributed by atoms with Crippen LogP contribution in [0.4, 0.5) is 0 Å². The lowest BCUT2D eigenvalue weighted by molar-refractivity contribution is -0.136. The van der Waals surface area contributed by atoms with E-state index < -0.39 is 5.97 Å². The van der Waals surface area contributed by atoms with Gasteiger partial charge in [0, 0.05) is 11.6 Å². The first kappa shape index (κ1) is 25.0. The highest BCUT2D eigenvalue weighted by molar-refractivity contribution is 9.11. The van der Waals surface area contributed by atoms with Crippen LogP contribution in [-0.2, 0) is 11.2 Å². The molecule has 172 valence electrons. The van der Waals surface area contributed by atoms with Crippen molar-refractivity contribution in [1.29, 1.82) is 0 Å². The van der Waals surface area contributed by atoms with Crippen LogP contribution in [0.15, 0.2) is 63.5 Å². The van der Waals surface area contributed by atoms with Gasteiger partial charge in [0.05, 0.1) is 27.5 Å². The molecule has 5 nitrogen and oxygen atoms in total. The number of carbonyl (C=O) groups excluding carboxylic acids is 1. The highest BCUT2D eigenvalue weighted by Gasteiger charge is 2.20. The van der Waals surface area contributed by atoms with E-state index >= 15 is 0 Å². The summed E-state index contributed by atoms with van der Waals surface area (Å²) in [4.78, 5) is 24.4. The predicted octanol–water partition coefficient (Wildman–Crippen LogP) is 7.21. The minimum Gasteiger partial charge on any atom is -0.493 e. The van der Waals surface area contributed by atoms with E-state index in [0.29, 0.717) is 55.4 Å². The summed E-state index contributed by atoms with van der Waals surface area (Å²) in [5, 5.41) is 9.09. The smallest absolute Gasteiger partial charge is 0.307 e. The van der Waals surface area contributed by atoms with Crippen LogP contribution in [0.25, 0.3) is 0 Å². The quantitative estimate of drug-likeness (QED) is 0.273. The maximum atomic E-state index is 13.3. The van der Waals surface area contributed by atoms with E-state index in [1.807, 2.05) is 25.1 Å². The fourth-order valence-corrected chi connectivity index (χ4v) is 4.61. The number of ether oxygens (including phenoxy) is 2. The number of benzene rings is 3. The van der Waals surface area contributed by atoms with Crippen LogP contribution < -0.4 is 9.47 Å². The second-order valence-electron chi connectivity index (χ2n) is 8.12. The summed E-state index contributed by atoms with van der Waals surface area (Å²) in [5.74, 6) is 0.614. The standard InChI is InChI=1S/C26H24Br2O5/c1-15(2)14-32-19-7-8-20(25(31)18-6-4-5-16(3)9-18)23(13-19)33-26-21(27)10-17(11-22(26)28)12-24(29)30/h4-11,13,15H,12,14H2,1-3H3,(H,29,30). The number of hydrogen-bond acceptors (Lipinski definition) is 4. The molecule has 0 aliphatic rings. The van der Waals surface area contributed by atoms with Crippen LogP contribution in [-0.4, -0.2) is 23.5 Å². The first-order valence-electron chi connectivity index (χ1n) is 10.4. The molecule has 0 radical (unpaired) electrons. The first-order valence-corrected chi connectivity index (χ1v) is 12.0. The van der Waals surface area contributed by atoms with E-state index in [9.17, 15) is 9.59 Å². The third-order valence-electron chi connectivity index (χ3n) is 4.69. The fourth-order valence-electron chi connectivity index (χ4n) is 3.17. The Kier molecular flexibility index (Phi) is 8.32. The van der Waals surface area contributed by atoms with Crippen LogP contribution in [0.1, 0.15) is 40.9 Å². The maximum absolute atomic E-state index is 13.3. The lowest BCUT2D eigenvalue weighted by Gasteiger charge is -2.16. The SMILES string of the molecule is Cc1cccc(C(=O)c2ccc(OCC(C)C)cc2Oc2c(Br)cc(CC(=O)O)cc2Br)c1. The van der Waals surface area contributed by atoms with E-state index in [0.717, 1.165) is 5.56 Å². The molecule has 0 saturated heterocycles. The minimum atomic E-state index is -0.927. The van der Waals surface area contributed by atoms with Crippen molar-refractivity contribution in [3.63, 3.8) is 0 Å².